The molecule has 0 amide bonds. The summed E-state index contributed by atoms with van der Waals surface area (Å²) in [5.74, 6) is 0.378. The molecule has 0 fully saturated rings. The highest BCUT2D eigenvalue weighted by Gasteiger charge is 2.36. The van der Waals surface area contributed by atoms with Crippen molar-refractivity contribution in [1.82, 2.24) is 9.99 Å². The van der Waals surface area contributed by atoms with E-state index in [0.29, 0.717) is 17.1 Å². The van der Waals surface area contributed by atoms with Gasteiger partial charge in [-0.2, -0.15) is 5.10 Å². The fraction of sp³-hybridized carbons (Fsp3) is 0.250. The van der Waals surface area contributed by atoms with Crippen LogP contribution in [0.25, 0.3) is 0 Å². The van der Waals surface area contributed by atoms with Gasteiger partial charge in [-0.05, 0) is 31.2 Å². The first-order chi connectivity index (χ1) is 12.0. The topological polar surface area (TPSA) is 66.3 Å². The van der Waals surface area contributed by atoms with Crippen LogP contribution >= 0.6 is 11.6 Å². The number of furan rings is 1. The zero-order chi connectivity index (χ0) is 17.6. The predicted octanol–water partition coefficient (Wildman–Crippen LogP) is 3.25. The lowest BCUT2D eigenvalue weighted by molar-refractivity contribution is 0.290. The van der Waals surface area contributed by atoms with Crippen molar-refractivity contribution < 1.29 is 7.16 Å². The first-order valence-corrected chi connectivity index (χ1v) is 7.61. The molecule has 2 aliphatic rings. The van der Waals surface area contributed by atoms with Crippen molar-refractivity contribution in [1.29, 1.82) is 0 Å². The number of hydrazone groups is 1. The summed E-state index contributed by atoms with van der Waals surface area (Å²) in [4.78, 5) is 12.8. The Morgan fingerprint density at radius 1 is 1.39 bits per heavy atom. The minimum atomic E-state index is -1.41. The predicted molar refractivity (Wildman–Crippen MR) is 89.0 cm³/mol. The lowest BCUT2D eigenvalue weighted by atomic mass is 10.0. The Kier molecular flexibility index (Phi) is 2.94. The van der Waals surface area contributed by atoms with Crippen molar-refractivity contribution in [2.75, 3.05) is 0 Å². The number of amidine groups is 2. The molecule has 0 saturated carbocycles. The maximum Gasteiger partial charge on any atom is 0.202 e. The second-order valence-electron chi connectivity index (χ2n) is 5.14. The van der Waals surface area contributed by atoms with Crippen LogP contribution in [0.2, 0.25) is 0 Å². The zero-order valence-corrected chi connectivity index (χ0v) is 13.0. The van der Waals surface area contributed by atoms with E-state index in [9.17, 15) is 0 Å². The quantitative estimate of drug-likeness (QED) is 0.812. The van der Waals surface area contributed by atoms with Gasteiger partial charge in [-0.3, -0.25) is 4.98 Å². The third-order valence-corrected chi connectivity index (χ3v) is 3.85. The van der Waals surface area contributed by atoms with Crippen LogP contribution in [0.4, 0.5) is 0 Å². The number of nitrogens with zero attached hydrogens (tertiary/aromatic N) is 5. The largest absolute Gasteiger partial charge is 0.462 e. The maximum absolute atomic E-state index is 8.87. The molecule has 0 bridgehead atoms. The third-order valence-electron chi connectivity index (χ3n) is 3.57. The molecule has 4 rings (SSSR count). The smallest absolute Gasteiger partial charge is 0.202 e. The molecule has 6 nitrogen and oxygen atoms in total. The van der Waals surface area contributed by atoms with Crippen LogP contribution < -0.4 is 0 Å². The fourth-order valence-corrected chi connectivity index (χ4v) is 2.64. The van der Waals surface area contributed by atoms with Gasteiger partial charge in [-0.1, -0.05) is 6.07 Å². The van der Waals surface area contributed by atoms with Gasteiger partial charge >= 0.3 is 0 Å². The van der Waals surface area contributed by atoms with Gasteiger partial charge in [0.05, 0.1) is 24.5 Å². The van der Waals surface area contributed by atoms with Crippen molar-refractivity contribution in [3.8, 4) is 0 Å². The van der Waals surface area contributed by atoms with E-state index in [0.717, 1.165) is 5.76 Å². The first kappa shape index (κ1) is 12.0. The Hall–Kier alpha value is -2.47. The van der Waals surface area contributed by atoms with E-state index in [-0.39, 0.29) is 18.0 Å². The third kappa shape index (κ3) is 2.45. The standard InChI is InChI=1S/C16H14ClN5O/c1-10-5-6-14(23-10)16-19-9-18-15-12(8-20-22(15)16)13-4-2-3-11(7-17)21-13/h2-6,8-9,12,16H,7H2,1H3/i9D,12D. The van der Waals surface area contributed by atoms with Gasteiger partial charge in [0.25, 0.3) is 0 Å². The van der Waals surface area contributed by atoms with E-state index >= 15 is 0 Å². The summed E-state index contributed by atoms with van der Waals surface area (Å²) in [6.45, 7) is 1.83. The van der Waals surface area contributed by atoms with Gasteiger partial charge in [-0.15, -0.1) is 11.6 Å². The number of rotatable bonds is 3. The van der Waals surface area contributed by atoms with E-state index in [4.69, 9.17) is 18.8 Å². The van der Waals surface area contributed by atoms with Crippen LogP contribution in [0, 0.1) is 6.92 Å². The SMILES string of the molecule is [2H]C1=NC(c2ccc(C)o2)N2N=CC([2H])(c3cccc(CCl)n3)C2=N1. The maximum atomic E-state index is 8.87. The Morgan fingerprint density at radius 2 is 2.30 bits per heavy atom. The van der Waals surface area contributed by atoms with E-state index in [2.05, 4.69) is 20.1 Å². The number of alkyl halides is 1. The Morgan fingerprint density at radius 3 is 3.09 bits per heavy atom. The molecule has 0 aliphatic carbocycles. The fourth-order valence-electron chi connectivity index (χ4n) is 2.49. The molecule has 0 N–H and O–H groups in total. The highest BCUT2D eigenvalue weighted by molar-refractivity contribution is 6.16. The van der Waals surface area contributed by atoms with Gasteiger partial charge in [0.15, 0.2) is 5.76 Å². The summed E-state index contributed by atoms with van der Waals surface area (Å²) >= 11 is 5.86. The number of fused-ring (bicyclic) bond motifs is 1. The van der Waals surface area contributed by atoms with E-state index in [1.165, 1.54) is 11.2 Å². The first-order valence-electron chi connectivity index (χ1n) is 8.08. The highest BCUT2D eigenvalue weighted by Crippen LogP contribution is 2.33. The number of aliphatic imine (C=N–C) groups is 2. The van der Waals surface area contributed by atoms with Gasteiger partial charge in [0.1, 0.15) is 19.3 Å². The molecular formula is C16H14ClN5O. The molecule has 2 atom stereocenters. The van der Waals surface area contributed by atoms with Crippen LogP contribution in [-0.2, 0) is 5.88 Å². The van der Waals surface area contributed by atoms with E-state index < -0.39 is 12.1 Å². The molecular weight excluding hydrogens is 314 g/mol. The van der Waals surface area contributed by atoms with Crippen LogP contribution in [-0.4, -0.2) is 28.4 Å². The minimum absolute atomic E-state index is 0.180. The summed E-state index contributed by atoms with van der Waals surface area (Å²) in [5, 5.41) is 5.81. The summed E-state index contributed by atoms with van der Waals surface area (Å²) in [6, 6.07) is 8.91. The Labute approximate surface area is 141 Å². The zero-order valence-electron chi connectivity index (χ0n) is 14.3. The molecule has 0 aromatic carbocycles. The number of hydrogen-bond donors (Lipinski definition) is 0. The average molecular weight is 330 g/mol. The molecule has 7 heteroatoms. The van der Waals surface area contributed by atoms with E-state index in [1.807, 2.05) is 13.0 Å². The van der Waals surface area contributed by atoms with Crippen molar-refractivity contribution in [2.24, 2.45) is 15.1 Å². The van der Waals surface area contributed by atoms with Crippen molar-refractivity contribution >= 4 is 30.0 Å². The Balaban J connectivity index is 1.77. The number of aromatic nitrogens is 1. The van der Waals surface area contributed by atoms with Crippen molar-refractivity contribution in [3.63, 3.8) is 0 Å². The molecule has 0 spiro atoms. The summed E-state index contributed by atoms with van der Waals surface area (Å²) in [7, 11) is 0. The van der Waals surface area contributed by atoms with Gasteiger partial charge in [0, 0.05) is 6.21 Å². The van der Waals surface area contributed by atoms with Gasteiger partial charge in [0.2, 0.25) is 6.17 Å². The van der Waals surface area contributed by atoms with Crippen LogP contribution in [0.1, 0.15) is 37.7 Å². The lowest BCUT2D eigenvalue weighted by Gasteiger charge is -2.25. The van der Waals surface area contributed by atoms with Gasteiger partial charge in [-0.25, -0.2) is 15.0 Å². The number of hydrogen-bond acceptors (Lipinski definition) is 6. The molecule has 0 radical (unpaired) electrons. The normalized spacial score (nSPS) is 27.2. The van der Waals surface area contributed by atoms with Gasteiger partial charge < -0.3 is 4.42 Å². The summed E-state index contributed by atoms with van der Waals surface area (Å²) < 4.78 is 22.4. The molecule has 2 aromatic rings. The molecule has 2 unspecified atom stereocenters. The second kappa shape index (κ2) is 5.62. The van der Waals surface area contributed by atoms with Crippen LogP contribution in [0.5, 0.6) is 0 Å². The minimum Gasteiger partial charge on any atom is -0.462 e. The molecule has 2 aliphatic heterocycles. The Bertz CT molecular complexity index is 925. The molecule has 23 heavy (non-hydrogen) atoms. The average Bonchev–Trinajstić information content (AvgIpc) is 3.19. The van der Waals surface area contributed by atoms with Crippen molar-refractivity contribution in [2.45, 2.75) is 24.9 Å². The number of pyridine rings is 1. The summed E-state index contributed by atoms with van der Waals surface area (Å²) in [6.07, 6.45) is 0.609. The molecule has 116 valence electrons. The van der Waals surface area contributed by atoms with Crippen LogP contribution in [0.3, 0.4) is 0 Å². The second-order valence-corrected chi connectivity index (χ2v) is 5.40. The van der Waals surface area contributed by atoms with Crippen molar-refractivity contribution in [3.05, 3.63) is 53.2 Å². The number of halogens is 1. The molecule has 4 heterocycles. The molecule has 2 aromatic heterocycles. The lowest BCUT2D eigenvalue weighted by Crippen LogP contribution is -2.31. The monoisotopic (exact) mass is 329 g/mol. The highest BCUT2D eigenvalue weighted by atomic mass is 35.5. The van der Waals surface area contributed by atoms with E-state index in [1.54, 1.807) is 24.3 Å². The summed E-state index contributed by atoms with van der Waals surface area (Å²) in [5.41, 5.74) is 1.10. The molecule has 0 saturated heterocycles. The number of aryl methyl sites for hydroxylation is 1. The van der Waals surface area contributed by atoms with Crippen LogP contribution in [0.15, 0.2) is 49.8 Å².